The van der Waals surface area contributed by atoms with Crippen LogP contribution in [0.5, 0.6) is 5.75 Å². The fourth-order valence-corrected chi connectivity index (χ4v) is 2.87. The van der Waals surface area contributed by atoms with Crippen LogP contribution in [0.25, 0.3) is 0 Å². The molecule has 21 heavy (non-hydrogen) atoms. The topological polar surface area (TPSA) is 50.4 Å². The highest BCUT2D eigenvalue weighted by Crippen LogP contribution is 2.35. The van der Waals surface area contributed by atoms with E-state index in [-0.39, 0.29) is 12.5 Å². The maximum Gasteiger partial charge on any atom is 0.257 e. The maximum absolute atomic E-state index is 11.5. The summed E-state index contributed by atoms with van der Waals surface area (Å²) in [5.41, 5.74) is 2.60. The van der Waals surface area contributed by atoms with Gasteiger partial charge >= 0.3 is 0 Å². The molecule has 2 rings (SSSR count). The zero-order valence-electron chi connectivity index (χ0n) is 13.1. The molecule has 4 nitrogen and oxygen atoms in total. The second kappa shape index (κ2) is 8.03. The van der Waals surface area contributed by atoms with Crippen molar-refractivity contribution >= 4 is 5.91 Å². The Kier molecular flexibility index (Phi) is 6.05. The van der Waals surface area contributed by atoms with Crippen molar-refractivity contribution in [3.8, 4) is 5.75 Å². The van der Waals surface area contributed by atoms with E-state index < -0.39 is 0 Å². The molecule has 0 fully saturated rings. The Bertz CT molecular complexity index is 474. The lowest BCUT2D eigenvalue weighted by Crippen LogP contribution is -2.29. The third-order valence-electron chi connectivity index (χ3n) is 3.84. The molecule has 1 aliphatic rings. The number of fused-ring (bicyclic) bond motifs is 1. The maximum atomic E-state index is 11.5. The molecule has 116 valence electrons. The van der Waals surface area contributed by atoms with E-state index in [0.717, 1.165) is 31.6 Å². The first-order valence-corrected chi connectivity index (χ1v) is 8.00. The lowest BCUT2D eigenvalue weighted by Gasteiger charge is -2.28. The van der Waals surface area contributed by atoms with E-state index in [0.29, 0.717) is 12.6 Å². The summed E-state index contributed by atoms with van der Waals surface area (Å²) in [6.45, 7) is 5.86. The number of hydrogen-bond acceptors (Lipinski definition) is 3. The third-order valence-corrected chi connectivity index (χ3v) is 3.84. The Balaban J connectivity index is 2.08. The summed E-state index contributed by atoms with van der Waals surface area (Å²) in [6.07, 6.45) is 4.51. The second-order valence-electron chi connectivity index (χ2n) is 5.47. The number of ether oxygens (including phenoxy) is 1. The van der Waals surface area contributed by atoms with E-state index in [1.54, 1.807) is 0 Å². The van der Waals surface area contributed by atoms with Gasteiger partial charge in [0.1, 0.15) is 5.75 Å². The molecule has 1 aliphatic carbocycles. The lowest BCUT2D eigenvalue weighted by molar-refractivity contribution is -0.122. The number of carbonyl (C=O) groups excluding carboxylic acids is 1. The van der Waals surface area contributed by atoms with Crippen molar-refractivity contribution in [2.45, 2.75) is 45.6 Å². The van der Waals surface area contributed by atoms with Gasteiger partial charge in [0, 0.05) is 12.6 Å². The van der Waals surface area contributed by atoms with Gasteiger partial charge in [-0.2, -0.15) is 0 Å². The molecule has 0 heterocycles. The van der Waals surface area contributed by atoms with Crippen LogP contribution in [0.1, 0.15) is 50.3 Å². The summed E-state index contributed by atoms with van der Waals surface area (Å²) in [5, 5.41) is 6.36. The lowest BCUT2D eigenvalue weighted by atomic mass is 9.87. The van der Waals surface area contributed by atoms with Gasteiger partial charge in [-0.25, -0.2) is 0 Å². The molecule has 0 aromatic heterocycles. The van der Waals surface area contributed by atoms with E-state index in [4.69, 9.17) is 4.74 Å². The van der Waals surface area contributed by atoms with E-state index >= 15 is 0 Å². The fraction of sp³-hybridized carbons (Fsp3) is 0.588. The quantitative estimate of drug-likeness (QED) is 0.811. The molecular formula is C17H26N2O2. The van der Waals surface area contributed by atoms with Crippen molar-refractivity contribution in [2.75, 3.05) is 19.7 Å². The summed E-state index contributed by atoms with van der Waals surface area (Å²) in [4.78, 5) is 11.5. The summed E-state index contributed by atoms with van der Waals surface area (Å²) >= 11 is 0. The van der Waals surface area contributed by atoms with Gasteiger partial charge in [-0.3, -0.25) is 4.79 Å². The molecule has 0 spiro atoms. The van der Waals surface area contributed by atoms with E-state index in [2.05, 4.69) is 23.6 Å². The Labute approximate surface area is 127 Å². The number of amides is 1. The van der Waals surface area contributed by atoms with Gasteiger partial charge in [0.25, 0.3) is 5.91 Å². The van der Waals surface area contributed by atoms with E-state index in [1.165, 1.54) is 17.5 Å². The average molecular weight is 290 g/mol. The Morgan fingerprint density at radius 3 is 3.00 bits per heavy atom. The van der Waals surface area contributed by atoms with Gasteiger partial charge in [0.05, 0.1) is 0 Å². The normalized spacial score (nSPS) is 17.1. The first kappa shape index (κ1) is 15.8. The number of hydrogen-bond donors (Lipinski definition) is 2. The van der Waals surface area contributed by atoms with Gasteiger partial charge in [0.15, 0.2) is 6.61 Å². The van der Waals surface area contributed by atoms with Crippen LogP contribution in [0.3, 0.4) is 0 Å². The molecule has 1 unspecified atom stereocenters. The van der Waals surface area contributed by atoms with Crippen LogP contribution in [0.2, 0.25) is 0 Å². The monoisotopic (exact) mass is 290 g/mol. The summed E-state index contributed by atoms with van der Waals surface area (Å²) < 4.78 is 5.73. The van der Waals surface area contributed by atoms with Crippen LogP contribution in [-0.2, 0) is 11.2 Å². The first-order chi connectivity index (χ1) is 10.3. The van der Waals surface area contributed by atoms with Gasteiger partial charge in [0.2, 0.25) is 0 Å². The molecule has 1 aromatic carbocycles. The largest absolute Gasteiger partial charge is 0.483 e. The number of nitrogens with one attached hydrogen (secondary N) is 2. The minimum absolute atomic E-state index is 0.0634. The Morgan fingerprint density at radius 2 is 2.24 bits per heavy atom. The van der Waals surface area contributed by atoms with E-state index in [9.17, 15) is 4.79 Å². The zero-order chi connectivity index (χ0) is 15.1. The van der Waals surface area contributed by atoms with Crippen molar-refractivity contribution < 1.29 is 9.53 Å². The molecule has 1 aromatic rings. The first-order valence-electron chi connectivity index (χ1n) is 8.00. The second-order valence-corrected chi connectivity index (χ2v) is 5.47. The Hall–Kier alpha value is -1.55. The van der Waals surface area contributed by atoms with Gasteiger partial charge in [-0.15, -0.1) is 0 Å². The number of likely N-dealkylation sites (N-methyl/N-ethyl adjacent to an activating group) is 1. The molecule has 1 atom stereocenters. The molecule has 0 aliphatic heterocycles. The summed E-state index contributed by atoms with van der Waals surface area (Å²) in [5.74, 6) is 0.799. The van der Waals surface area contributed by atoms with Crippen molar-refractivity contribution in [2.24, 2.45) is 0 Å². The average Bonchev–Trinajstić information content (AvgIpc) is 2.51. The fourth-order valence-electron chi connectivity index (χ4n) is 2.87. The third kappa shape index (κ3) is 4.21. The standard InChI is InChI=1S/C17H26N2O2/c1-3-11-19-15-9-5-8-14-13(15)7-6-10-16(14)21-12-17(20)18-4-2/h6-7,10,15,19H,3-5,8-9,11-12H2,1-2H3,(H,18,20). The predicted molar refractivity (Wildman–Crippen MR) is 84.6 cm³/mol. The van der Waals surface area contributed by atoms with Crippen LogP contribution in [0.4, 0.5) is 0 Å². The zero-order valence-corrected chi connectivity index (χ0v) is 13.1. The Morgan fingerprint density at radius 1 is 1.38 bits per heavy atom. The minimum Gasteiger partial charge on any atom is -0.483 e. The molecule has 2 N–H and O–H groups in total. The molecule has 0 saturated carbocycles. The molecule has 4 heteroatoms. The number of rotatable bonds is 7. The van der Waals surface area contributed by atoms with Crippen LogP contribution < -0.4 is 15.4 Å². The van der Waals surface area contributed by atoms with Crippen molar-refractivity contribution in [3.05, 3.63) is 29.3 Å². The van der Waals surface area contributed by atoms with Crippen molar-refractivity contribution in [3.63, 3.8) is 0 Å². The molecular weight excluding hydrogens is 264 g/mol. The SMILES string of the molecule is CCCNC1CCCc2c(OCC(=O)NCC)cccc21. The summed E-state index contributed by atoms with van der Waals surface area (Å²) in [6, 6.07) is 6.60. The molecule has 1 amide bonds. The molecule has 0 saturated heterocycles. The van der Waals surface area contributed by atoms with Crippen LogP contribution >= 0.6 is 0 Å². The van der Waals surface area contributed by atoms with Crippen LogP contribution in [-0.4, -0.2) is 25.6 Å². The van der Waals surface area contributed by atoms with Crippen molar-refractivity contribution in [1.82, 2.24) is 10.6 Å². The number of benzene rings is 1. The van der Waals surface area contributed by atoms with Gasteiger partial charge < -0.3 is 15.4 Å². The van der Waals surface area contributed by atoms with Gasteiger partial charge in [-0.1, -0.05) is 19.1 Å². The van der Waals surface area contributed by atoms with Gasteiger partial charge in [-0.05, 0) is 56.3 Å². The highest BCUT2D eigenvalue weighted by Gasteiger charge is 2.22. The predicted octanol–water partition coefficient (Wildman–Crippen LogP) is 2.58. The highest BCUT2D eigenvalue weighted by atomic mass is 16.5. The summed E-state index contributed by atoms with van der Waals surface area (Å²) in [7, 11) is 0. The highest BCUT2D eigenvalue weighted by molar-refractivity contribution is 5.77. The van der Waals surface area contributed by atoms with Crippen LogP contribution in [0.15, 0.2) is 18.2 Å². The van der Waals surface area contributed by atoms with Crippen LogP contribution in [0, 0.1) is 0 Å². The minimum atomic E-state index is -0.0634. The van der Waals surface area contributed by atoms with E-state index in [1.807, 2.05) is 19.1 Å². The smallest absolute Gasteiger partial charge is 0.257 e. The van der Waals surface area contributed by atoms with Crippen molar-refractivity contribution in [1.29, 1.82) is 0 Å². The number of carbonyl (C=O) groups is 1. The molecule has 0 radical (unpaired) electrons. The molecule has 0 bridgehead atoms.